The van der Waals surface area contributed by atoms with Gasteiger partial charge in [0.1, 0.15) is 18.8 Å². The minimum Gasteiger partial charge on any atom is -0.374 e. The van der Waals surface area contributed by atoms with Gasteiger partial charge in [-0.05, 0) is 44.5 Å². The van der Waals surface area contributed by atoms with Gasteiger partial charge in [0.15, 0.2) is 6.29 Å². The highest BCUT2D eigenvalue weighted by molar-refractivity contribution is 5.62. The van der Waals surface area contributed by atoms with Gasteiger partial charge in [0.25, 0.3) is 0 Å². The molecule has 1 N–H and O–H groups in total. The number of pyridine rings is 1. The van der Waals surface area contributed by atoms with E-state index in [1.165, 1.54) is 0 Å². The van der Waals surface area contributed by atoms with E-state index in [0.717, 1.165) is 41.0 Å². The van der Waals surface area contributed by atoms with Crippen LogP contribution in [0.2, 0.25) is 0 Å². The molecule has 5 atom stereocenters. The average molecular weight is 498 g/mol. The number of aryl methyl sites for hydroxylation is 1. The molecular weight excluding hydrogens is 461 g/mol. The van der Waals surface area contributed by atoms with Crippen molar-refractivity contribution < 1.29 is 19.0 Å². The van der Waals surface area contributed by atoms with Crippen molar-refractivity contribution in [2.45, 2.75) is 63.7 Å². The van der Waals surface area contributed by atoms with Crippen molar-refractivity contribution in [3.63, 3.8) is 0 Å². The zero-order valence-corrected chi connectivity index (χ0v) is 21.4. The van der Waals surface area contributed by atoms with E-state index in [4.69, 9.17) is 9.47 Å². The molecule has 0 unspecified atom stereocenters. The molecule has 36 heavy (non-hydrogen) atoms. The van der Waals surface area contributed by atoms with Crippen molar-refractivity contribution in [1.82, 2.24) is 24.9 Å². The van der Waals surface area contributed by atoms with Gasteiger partial charge in [-0.15, -0.1) is 5.10 Å². The van der Waals surface area contributed by atoms with Gasteiger partial charge >= 0.3 is 0 Å². The Labute approximate surface area is 212 Å². The fourth-order valence-electron chi connectivity index (χ4n) is 4.82. The molecule has 0 spiro atoms. The van der Waals surface area contributed by atoms with Gasteiger partial charge in [-0.3, -0.25) is 4.98 Å². The minimum atomic E-state index is -0.721. The number of hydrogen-bond donors (Lipinski definition) is 1. The van der Waals surface area contributed by atoms with Crippen LogP contribution in [0.25, 0.3) is 11.1 Å². The molecule has 4 rings (SSSR count). The summed E-state index contributed by atoms with van der Waals surface area (Å²) in [7, 11) is 3.63. The van der Waals surface area contributed by atoms with Crippen LogP contribution in [0.5, 0.6) is 0 Å². The van der Waals surface area contributed by atoms with Gasteiger partial charge in [0, 0.05) is 56.2 Å². The van der Waals surface area contributed by atoms with Gasteiger partial charge in [-0.1, -0.05) is 35.5 Å². The van der Waals surface area contributed by atoms with Gasteiger partial charge in [0.05, 0.1) is 11.8 Å². The van der Waals surface area contributed by atoms with E-state index in [2.05, 4.69) is 20.2 Å². The van der Waals surface area contributed by atoms with E-state index in [1.807, 2.05) is 63.5 Å². The second-order valence-corrected chi connectivity index (χ2v) is 9.64. The Morgan fingerprint density at radius 1 is 1.19 bits per heavy atom. The number of ether oxygens (including phenoxy) is 2. The van der Waals surface area contributed by atoms with Crippen LogP contribution in [0.4, 0.5) is 4.39 Å². The number of benzene rings is 1. The number of aromatic nitrogens is 4. The van der Waals surface area contributed by atoms with Crippen LogP contribution in [0.1, 0.15) is 48.9 Å². The van der Waals surface area contributed by atoms with Gasteiger partial charge in [0.2, 0.25) is 0 Å². The van der Waals surface area contributed by atoms with Crippen LogP contribution in [-0.2, 0) is 15.9 Å². The lowest BCUT2D eigenvalue weighted by molar-refractivity contribution is -0.173. The van der Waals surface area contributed by atoms with E-state index >= 15 is 0 Å². The molecular formula is C27H36FN5O3. The maximum Gasteiger partial charge on any atom is 0.156 e. The quantitative estimate of drug-likeness (QED) is 0.455. The van der Waals surface area contributed by atoms with E-state index in [9.17, 15) is 9.50 Å². The molecule has 1 saturated heterocycles. The maximum atomic E-state index is 14.3. The summed E-state index contributed by atoms with van der Waals surface area (Å²) >= 11 is 0. The summed E-state index contributed by atoms with van der Waals surface area (Å²) in [5.74, 6) is 0. The molecule has 8 nitrogen and oxygen atoms in total. The molecule has 1 aliphatic rings. The first kappa shape index (κ1) is 26.3. The first-order valence-electron chi connectivity index (χ1n) is 12.4. The highest BCUT2D eigenvalue weighted by Gasteiger charge is 2.29. The predicted molar refractivity (Wildman–Crippen MR) is 135 cm³/mol. The van der Waals surface area contributed by atoms with Gasteiger partial charge < -0.3 is 19.5 Å². The van der Waals surface area contributed by atoms with Crippen LogP contribution in [0.15, 0.2) is 48.8 Å². The molecule has 0 aliphatic carbocycles. The second kappa shape index (κ2) is 12.0. The van der Waals surface area contributed by atoms with Gasteiger partial charge in [-0.2, -0.15) is 0 Å². The Bertz CT molecular complexity index is 1080. The average Bonchev–Trinajstić information content (AvgIpc) is 3.34. The van der Waals surface area contributed by atoms with E-state index in [1.54, 1.807) is 18.0 Å². The Morgan fingerprint density at radius 3 is 2.58 bits per heavy atom. The van der Waals surface area contributed by atoms with Crippen LogP contribution in [0, 0.1) is 6.92 Å². The summed E-state index contributed by atoms with van der Waals surface area (Å²) < 4.78 is 27.0. The SMILES string of the molecule is CO[C@H](c1ccc(-c2ccc(C)nc2)cc1)[C@@H](CF)n1cc(CCN(C)[C@H]2C[C@@H](C)O[C@@H](O)C2)nn1. The van der Waals surface area contributed by atoms with Crippen molar-refractivity contribution in [3.05, 3.63) is 65.7 Å². The van der Waals surface area contributed by atoms with E-state index < -0.39 is 25.1 Å². The largest absolute Gasteiger partial charge is 0.374 e. The fourth-order valence-corrected chi connectivity index (χ4v) is 4.82. The third-order valence-corrected chi connectivity index (χ3v) is 6.95. The molecule has 1 aliphatic heterocycles. The molecule has 0 amide bonds. The van der Waals surface area contributed by atoms with Crippen molar-refractivity contribution in [1.29, 1.82) is 0 Å². The molecule has 1 fully saturated rings. The van der Waals surface area contributed by atoms with Crippen LogP contribution in [0.3, 0.4) is 0 Å². The summed E-state index contributed by atoms with van der Waals surface area (Å²) in [6.07, 6.45) is 4.59. The lowest BCUT2D eigenvalue weighted by atomic mass is 9.99. The molecule has 0 radical (unpaired) electrons. The third-order valence-electron chi connectivity index (χ3n) is 6.95. The zero-order chi connectivity index (χ0) is 25.7. The minimum absolute atomic E-state index is 0.0287. The van der Waals surface area contributed by atoms with Crippen molar-refractivity contribution in [2.75, 3.05) is 27.4 Å². The molecule has 194 valence electrons. The summed E-state index contributed by atoms with van der Waals surface area (Å²) in [6, 6.07) is 11.5. The summed E-state index contributed by atoms with van der Waals surface area (Å²) in [6.45, 7) is 4.05. The maximum absolute atomic E-state index is 14.3. The fraction of sp³-hybridized carbons (Fsp3) is 0.519. The number of rotatable bonds is 10. The first-order valence-corrected chi connectivity index (χ1v) is 12.4. The Kier molecular flexibility index (Phi) is 8.79. The lowest BCUT2D eigenvalue weighted by Crippen LogP contribution is -2.43. The van der Waals surface area contributed by atoms with Crippen molar-refractivity contribution in [3.8, 4) is 11.1 Å². The first-order chi connectivity index (χ1) is 17.4. The summed E-state index contributed by atoms with van der Waals surface area (Å²) in [4.78, 5) is 6.58. The third kappa shape index (κ3) is 6.34. The highest BCUT2D eigenvalue weighted by atomic mass is 19.1. The molecule has 3 heterocycles. The topological polar surface area (TPSA) is 85.5 Å². The zero-order valence-electron chi connectivity index (χ0n) is 21.4. The van der Waals surface area contributed by atoms with E-state index in [-0.39, 0.29) is 12.1 Å². The number of likely N-dealkylation sites (N-methyl/N-ethyl adjacent to an activating group) is 1. The molecule has 9 heteroatoms. The van der Waals surface area contributed by atoms with Crippen molar-refractivity contribution in [2.24, 2.45) is 0 Å². The number of hydrogen-bond acceptors (Lipinski definition) is 7. The summed E-state index contributed by atoms with van der Waals surface area (Å²) in [5.41, 5.74) is 4.69. The van der Waals surface area contributed by atoms with Gasteiger partial charge in [-0.25, -0.2) is 9.07 Å². The number of halogens is 1. The molecule has 0 saturated carbocycles. The number of alkyl halides is 1. The Balaban J connectivity index is 1.41. The lowest BCUT2D eigenvalue weighted by Gasteiger charge is -2.36. The van der Waals surface area contributed by atoms with Crippen LogP contribution < -0.4 is 0 Å². The molecule has 2 aromatic heterocycles. The van der Waals surface area contributed by atoms with Crippen LogP contribution >= 0.6 is 0 Å². The molecule has 3 aromatic rings. The smallest absolute Gasteiger partial charge is 0.156 e. The predicted octanol–water partition coefficient (Wildman–Crippen LogP) is 3.91. The second-order valence-electron chi connectivity index (χ2n) is 9.64. The normalized spacial score (nSPS) is 22.0. The number of nitrogens with zero attached hydrogens (tertiary/aromatic N) is 5. The van der Waals surface area contributed by atoms with E-state index in [0.29, 0.717) is 12.8 Å². The Hall–Kier alpha value is -2.72. The van der Waals surface area contributed by atoms with Crippen LogP contribution in [-0.4, -0.2) is 75.8 Å². The number of methoxy groups -OCH3 is 1. The monoisotopic (exact) mass is 497 g/mol. The van der Waals surface area contributed by atoms with Crippen molar-refractivity contribution >= 4 is 0 Å². The standard InChI is InChI=1S/C27H36FN5O3/c1-18-5-6-22(16-29-18)20-7-9-21(10-8-20)27(35-4)25(15-28)33-17-23(30-31-33)11-12-32(3)24-13-19(2)36-26(34)14-24/h5-10,16-17,19,24-27,34H,11-15H2,1-4H3/t19-,24+,25-,26-,27-/m1/s1. The number of aliphatic hydroxyl groups is 1. The Morgan fingerprint density at radius 2 is 1.94 bits per heavy atom. The molecule has 0 bridgehead atoms. The number of aliphatic hydroxyl groups excluding tert-OH is 1. The molecule has 1 aromatic carbocycles. The highest BCUT2D eigenvalue weighted by Crippen LogP contribution is 2.31. The summed E-state index contributed by atoms with van der Waals surface area (Å²) in [5, 5.41) is 18.4.